The van der Waals surface area contributed by atoms with Crippen LogP contribution >= 0.6 is 0 Å². The average Bonchev–Trinajstić information content (AvgIpc) is 2.99. The van der Waals surface area contributed by atoms with E-state index in [0.717, 1.165) is 44.1 Å². The zero-order valence-corrected chi connectivity index (χ0v) is 29.9. The van der Waals surface area contributed by atoms with Crippen molar-refractivity contribution in [3.8, 4) is 12.0 Å². The molecule has 44 heavy (non-hydrogen) atoms. The third kappa shape index (κ3) is 36.7. The van der Waals surface area contributed by atoms with Gasteiger partial charge in [-0.15, -0.1) is 6.58 Å². The van der Waals surface area contributed by atoms with Crippen LogP contribution in [0.1, 0.15) is 115 Å². The van der Waals surface area contributed by atoms with E-state index in [1.165, 1.54) is 31.9 Å². The summed E-state index contributed by atoms with van der Waals surface area (Å²) in [7, 11) is 1.55. The number of rotatable bonds is 14. The highest BCUT2D eigenvalue weighted by Gasteiger charge is 2.18. The molecule has 0 amide bonds. The predicted molar refractivity (Wildman–Crippen MR) is 183 cm³/mol. The van der Waals surface area contributed by atoms with Crippen LogP contribution in [-0.4, -0.2) is 50.3 Å². The third-order valence-electron chi connectivity index (χ3n) is 6.24. The quantitative estimate of drug-likeness (QED) is 0.0828. The Bertz CT molecular complexity index is 869. The minimum atomic E-state index is -0.230. The standard InChI is InChI=1S/3C9H16O2.C9H14O.H2O/c1-5-9(4,6-2)7-11-8(3)10;2*1-4-6-9(5-2)7-11-8(3)10;1-5-8(2)9(3)6-7-10-4;/h5H,1,6-7H2,2-4H3;2*6H,4-5,7H2,1-3H3;8H,3,5H2,1-2,4H3;1H2/b;9-6+;9-6-;;. The smallest absolute Gasteiger partial charge is 0.302 e. The lowest BCUT2D eigenvalue weighted by molar-refractivity contribution is -0.143. The number of carbonyl (C=O) groups is 3. The van der Waals surface area contributed by atoms with E-state index < -0.39 is 0 Å². The molecule has 2 atom stereocenters. The number of hydrogen-bond donors (Lipinski definition) is 0. The maximum Gasteiger partial charge on any atom is 0.302 e. The number of methoxy groups -OCH3 is 1. The van der Waals surface area contributed by atoms with Gasteiger partial charge in [-0.3, -0.25) is 14.4 Å². The normalized spacial score (nSPS) is 12.0. The molecule has 0 aromatic rings. The molecule has 0 radical (unpaired) electrons. The van der Waals surface area contributed by atoms with Gasteiger partial charge < -0.3 is 24.4 Å². The summed E-state index contributed by atoms with van der Waals surface area (Å²) in [6, 6.07) is 0. The number of carbonyl (C=O) groups excluding carboxylic acids is 3. The average molecular weight is 625 g/mol. The second-order valence-corrected chi connectivity index (χ2v) is 10.1. The lowest BCUT2D eigenvalue weighted by Crippen LogP contribution is -2.20. The molecule has 0 fully saturated rings. The summed E-state index contributed by atoms with van der Waals surface area (Å²) in [6.07, 6.45) is 14.5. The first kappa shape index (κ1) is 50.3. The van der Waals surface area contributed by atoms with Gasteiger partial charge in [0.15, 0.2) is 0 Å². The molecule has 0 saturated carbocycles. The SMILES string of the molecule is C=C(C#COC)C(C)CC.C=CC(C)(CC)COC(C)=O.CC/C=C(/CC)COC(C)=O.CC/C=C(\CC)COC(C)=O.O. The topological polar surface area (TPSA) is 120 Å². The fourth-order valence-corrected chi connectivity index (χ4v) is 2.63. The van der Waals surface area contributed by atoms with Crippen LogP contribution in [0.4, 0.5) is 0 Å². The Hall–Kier alpha value is -3.31. The molecule has 0 bridgehead atoms. The Labute approximate surface area is 269 Å². The van der Waals surface area contributed by atoms with E-state index in [1.807, 2.05) is 19.9 Å². The van der Waals surface area contributed by atoms with Gasteiger partial charge in [0.25, 0.3) is 0 Å². The maximum absolute atomic E-state index is 10.5. The minimum absolute atomic E-state index is 0. The van der Waals surface area contributed by atoms with Crippen LogP contribution in [-0.2, 0) is 33.3 Å². The van der Waals surface area contributed by atoms with Crippen molar-refractivity contribution in [3.63, 3.8) is 0 Å². The summed E-state index contributed by atoms with van der Waals surface area (Å²) >= 11 is 0. The van der Waals surface area contributed by atoms with E-state index in [2.05, 4.69) is 83.6 Å². The molecule has 0 spiro atoms. The molecule has 0 rings (SSSR count). The van der Waals surface area contributed by atoms with Crippen LogP contribution in [0.5, 0.6) is 0 Å². The lowest BCUT2D eigenvalue weighted by atomic mass is 9.89. The highest BCUT2D eigenvalue weighted by atomic mass is 16.5. The van der Waals surface area contributed by atoms with E-state index in [1.54, 1.807) is 7.11 Å². The number of esters is 3. The van der Waals surface area contributed by atoms with Crippen molar-refractivity contribution in [2.24, 2.45) is 11.3 Å². The van der Waals surface area contributed by atoms with Crippen LogP contribution in [0, 0.1) is 23.4 Å². The van der Waals surface area contributed by atoms with Crippen LogP contribution in [0.3, 0.4) is 0 Å². The monoisotopic (exact) mass is 624 g/mol. The van der Waals surface area contributed by atoms with Gasteiger partial charge in [-0.05, 0) is 61.5 Å². The first-order valence-electron chi connectivity index (χ1n) is 15.3. The summed E-state index contributed by atoms with van der Waals surface area (Å²) < 4.78 is 19.1. The molecule has 2 unspecified atom stereocenters. The number of hydrogen-bond acceptors (Lipinski definition) is 7. The highest BCUT2D eigenvalue weighted by Crippen LogP contribution is 2.22. The summed E-state index contributed by atoms with van der Waals surface area (Å²) in [5.41, 5.74) is 3.28. The van der Waals surface area contributed by atoms with Crippen molar-refractivity contribution < 1.29 is 38.8 Å². The molecule has 0 aliphatic heterocycles. The summed E-state index contributed by atoms with van der Waals surface area (Å²) in [4.78, 5) is 31.3. The predicted octanol–water partition coefficient (Wildman–Crippen LogP) is 8.11. The first-order chi connectivity index (χ1) is 20.2. The Morgan fingerprint density at radius 1 is 0.818 bits per heavy atom. The van der Waals surface area contributed by atoms with Crippen molar-refractivity contribution in [3.05, 3.63) is 48.1 Å². The van der Waals surface area contributed by atoms with E-state index in [0.29, 0.717) is 25.7 Å². The maximum atomic E-state index is 10.5. The highest BCUT2D eigenvalue weighted by molar-refractivity contribution is 5.66. The van der Waals surface area contributed by atoms with Crippen molar-refractivity contribution in [1.82, 2.24) is 0 Å². The second kappa shape index (κ2) is 34.2. The zero-order valence-electron chi connectivity index (χ0n) is 29.9. The Morgan fingerprint density at radius 3 is 1.48 bits per heavy atom. The van der Waals surface area contributed by atoms with Crippen LogP contribution in [0.2, 0.25) is 0 Å². The molecule has 0 aliphatic rings. The van der Waals surface area contributed by atoms with Gasteiger partial charge in [-0.25, -0.2) is 0 Å². The Morgan fingerprint density at radius 2 is 1.23 bits per heavy atom. The van der Waals surface area contributed by atoms with Crippen molar-refractivity contribution in [1.29, 1.82) is 0 Å². The molecule has 0 saturated heterocycles. The number of ether oxygens (including phenoxy) is 4. The third-order valence-corrected chi connectivity index (χ3v) is 6.24. The molecule has 8 heteroatoms. The Kier molecular flexibility index (Phi) is 39.1. The van der Waals surface area contributed by atoms with Gasteiger partial charge >= 0.3 is 17.9 Å². The molecular formula is C36H64O8. The molecule has 2 N–H and O–H groups in total. The van der Waals surface area contributed by atoms with Crippen molar-refractivity contribution >= 4 is 17.9 Å². The molecule has 256 valence electrons. The van der Waals surface area contributed by atoms with Gasteiger partial charge in [0.2, 0.25) is 0 Å². The van der Waals surface area contributed by atoms with Crippen molar-refractivity contribution in [2.45, 2.75) is 115 Å². The van der Waals surface area contributed by atoms with Crippen LogP contribution in [0.25, 0.3) is 0 Å². The fraction of sp³-hybridized carbons (Fsp3) is 0.639. The molecule has 0 aromatic carbocycles. The van der Waals surface area contributed by atoms with Gasteiger partial charge in [0.1, 0.15) is 25.9 Å². The van der Waals surface area contributed by atoms with E-state index >= 15 is 0 Å². The molecule has 8 nitrogen and oxygen atoms in total. The first-order valence-corrected chi connectivity index (χ1v) is 15.3. The minimum Gasteiger partial charge on any atom is -0.465 e. The molecule has 0 aromatic heterocycles. The fourth-order valence-electron chi connectivity index (χ4n) is 2.63. The Balaban J connectivity index is -0.000000153. The number of allylic oxidation sites excluding steroid dienone is 3. The van der Waals surface area contributed by atoms with E-state index in [-0.39, 0.29) is 28.8 Å². The van der Waals surface area contributed by atoms with Gasteiger partial charge in [0, 0.05) is 31.8 Å². The summed E-state index contributed by atoms with van der Waals surface area (Å²) in [5, 5.41) is 0. The van der Waals surface area contributed by atoms with Crippen LogP contribution in [0.15, 0.2) is 48.1 Å². The van der Waals surface area contributed by atoms with Gasteiger partial charge in [-0.1, -0.05) is 80.2 Å². The molecule has 0 aliphatic carbocycles. The summed E-state index contributed by atoms with van der Waals surface area (Å²) in [6.45, 7) is 29.7. The van der Waals surface area contributed by atoms with E-state index in [9.17, 15) is 14.4 Å². The molecular weight excluding hydrogens is 560 g/mol. The molecule has 0 heterocycles. The summed E-state index contributed by atoms with van der Waals surface area (Å²) in [5.74, 6) is 2.65. The second-order valence-electron chi connectivity index (χ2n) is 10.1. The van der Waals surface area contributed by atoms with Crippen LogP contribution < -0.4 is 0 Å². The van der Waals surface area contributed by atoms with Gasteiger partial charge in [-0.2, -0.15) is 0 Å². The van der Waals surface area contributed by atoms with Crippen molar-refractivity contribution in [2.75, 3.05) is 26.9 Å². The zero-order chi connectivity index (χ0) is 34.3. The van der Waals surface area contributed by atoms with Gasteiger partial charge in [0.05, 0.1) is 7.11 Å². The lowest BCUT2D eigenvalue weighted by Gasteiger charge is -2.22. The largest absolute Gasteiger partial charge is 0.465 e. The van der Waals surface area contributed by atoms with E-state index in [4.69, 9.17) is 14.2 Å².